The van der Waals surface area contributed by atoms with E-state index in [1.54, 1.807) is 36.1 Å². The molecule has 6 nitrogen and oxygen atoms in total. The van der Waals surface area contributed by atoms with Gasteiger partial charge in [-0.1, -0.05) is 66.7 Å². The zero-order valence-corrected chi connectivity index (χ0v) is 22.6. The number of benzene rings is 4. The predicted molar refractivity (Wildman–Crippen MR) is 157 cm³/mol. The van der Waals surface area contributed by atoms with Gasteiger partial charge in [-0.3, -0.25) is 9.69 Å². The second-order valence-electron chi connectivity index (χ2n) is 8.80. The van der Waals surface area contributed by atoms with Crippen LogP contribution in [0.2, 0.25) is 0 Å². The average molecular weight is 537 g/mol. The molecular formula is C32H28N2O4S. The highest BCUT2D eigenvalue weighted by Gasteiger charge is 2.32. The first kappa shape index (κ1) is 26.3. The Morgan fingerprint density at radius 2 is 1.74 bits per heavy atom. The summed E-state index contributed by atoms with van der Waals surface area (Å²) in [5.74, 6) is 0.181. The molecule has 0 spiro atoms. The highest BCUT2D eigenvalue weighted by Crippen LogP contribution is 2.38. The fourth-order valence-corrected chi connectivity index (χ4v) is 5.36. The Morgan fingerprint density at radius 3 is 2.54 bits per heavy atom. The molecule has 0 radical (unpaired) electrons. The third-order valence-electron chi connectivity index (χ3n) is 6.23. The zero-order valence-electron chi connectivity index (χ0n) is 21.8. The molecule has 1 fully saturated rings. The number of hydrogen-bond donors (Lipinski definition) is 0. The lowest BCUT2D eigenvalue weighted by Gasteiger charge is -2.13. The Hall–Kier alpha value is -4.36. The maximum absolute atomic E-state index is 13.5. The molecule has 0 aliphatic carbocycles. The smallest absolute Gasteiger partial charge is 0.338 e. The quantitative estimate of drug-likeness (QED) is 0.176. The van der Waals surface area contributed by atoms with Gasteiger partial charge in [0.2, 0.25) is 0 Å². The van der Waals surface area contributed by atoms with Gasteiger partial charge in [0.25, 0.3) is 5.91 Å². The van der Waals surface area contributed by atoms with Gasteiger partial charge in [0.15, 0.2) is 5.17 Å². The number of aliphatic imine (C=N–C) groups is 1. The molecule has 0 atom stereocenters. The number of esters is 1. The largest absolute Gasteiger partial charge is 0.488 e. The Kier molecular flexibility index (Phi) is 8.08. The molecule has 7 heteroatoms. The highest BCUT2D eigenvalue weighted by molar-refractivity contribution is 8.18. The molecule has 4 aromatic rings. The standard InChI is InChI=1S/C32H28N2O4S/c1-3-34-30(35)29(39-32(34)33-25-15-10-14-24(19-25)31(36)37-4-2)20-27-26-16-9-8-13-23(26)17-18-28(27)38-21-22-11-6-5-7-12-22/h5-20H,3-4,21H2,1-2H3. The van der Waals surface area contributed by atoms with Gasteiger partial charge in [0.05, 0.1) is 22.8 Å². The van der Waals surface area contributed by atoms with Crippen LogP contribution in [0.25, 0.3) is 16.8 Å². The van der Waals surface area contributed by atoms with E-state index in [9.17, 15) is 9.59 Å². The second-order valence-corrected chi connectivity index (χ2v) is 9.81. The summed E-state index contributed by atoms with van der Waals surface area (Å²) >= 11 is 1.31. The van der Waals surface area contributed by atoms with Gasteiger partial charge in [0, 0.05) is 12.1 Å². The van der Waals surface area contributed by atoms with Crippen LogP contribution in [0.1, 0.15) is 35.3 Å². The topological polar surface area (TPSA) is 68.2 Å². The van der Waals surface area contributed by atoms with Crippen LogP contribution in [0.3, 0.4) is 0 Å². The molecule has 0 N–H and O–H groups in total. The number of nitrogens with zero attached hydrogens (tertiary/aromatic N) is 2. The fourth-order valence-electron chi connectivity index (χ4n) is 4.31. The number of ether oxygens (including phenoxy) is 2. The molecule has 1 amide bonds. The number of likely N-dealkylation sites (N-methyl/N-ethyl adjacent to an activating group) is 1. The summed E-state index contributed by atoms with van der Waals surface area (Å²) in [6.07, 6.45) is 1.90. The minimum Gasteiger partial charge on any atom is -0.488 e. The fraction of sp³-hybridized carbons (Fsp3) is 0.156. The van der Waals surface area contributed by atoms with E-state index in [1.807, 2.05) is 79.7 Å². The van der Waals surface area contributed by atoms with Gasteiger partial charge in [-0.2, -0.15) is 0 Å². The molecule has 0 unspecified atom stereocenters. The van der Waals surface area contributed by atoms with Crippen LogP contribution in [0, 0.1) is 0 Å². The molecule has 1 heterocycles. The van der Waals surface area contributed by atoms with Crippen molar-refractivity contribution in [1.29, 1.82) is 0 Å². The van der Waals surface area contributed by atoms with Crippen LogP contribution in [0.4, 0.5) is 5.69 Å². The predicted octanol–water partition coefficient (Wildman–Crippen LogP) is 7.22. The summed E-state index contributed by atoms with van der Waals surface area (Å²) in [6.45, 7) is 4.86. The van der Waals surface area contributed by atoms with Gasteiger partial charge in [-0.25, -0.2) is 9.79 Å². The van der Waals surface area contributed by atoms with Gasteiger partial charge >= 0.3 is 5.97 Å². The van der Waals surface area contributed by atoms with Crippen LogP contribution < -0.4 is 4.74 Å². The van der Waals surface area contributed by atoms with Crippen molar-refractivity contribution in [3.05, 3.63) is 113 Å². The Bertz CT molecular complexity index is 1580. The number of thioether (sulfide) groups is 1. The van der Waals surface area contributed by atoms with E-state index in [0.29, 0.717) is 46.8 Å². The Labute approximate surface area is 232 Å². The normalized spacial score (nSPS) is 15.3. The van der Waals surface area contributed by atoms with E-state index in [1.165, 1.54) is 11.8 Å². The maximum atomic E-state index is 13.5. The molecule has 196 valence electrons. The first-order valence-corrected chi connectivity index (χ1v) is 13.6. The second kappa shape index (κ2) is 12.0. The number of amides is 1. The summed E-state index contributed by atoms with van der Waals surface area (Å²) in [5, 5.41) is 2.62. The summed E-state index contributed by atoms with van der Waals surface area (Å²) in [4.78, 5) is 32.6. The first-order chi connectivity index (χ1) is 19.1. The molecule has 4 aromatic carbocycles. The molecule has 1 aliphatic rings. The van der Waals surface area contributed by atoms with E-state index >= 15 is 0 Å². The van der Waals surface area contributed by atoms with E-state index in [-0.39, 0.29) is 5.91 Å². The van der Waals surface area contributed by atoms with Crippen molar-refractivity contribution in [3.8, 4) is 5.75 Å². The average Bonchev–Trinajstić information content (AvgIpc) is 3.26. The number of carbonyl (C=O) groups is 2. The molecule has 0 aromatic heterocycles. The minimum absolute atomic E-state index is 0.121. The first-order valence-electron chi connectivity index (χ1n) is 12.8. The van der Waals surface area contributed by atoms with Crippen LogP contribution in [0.5, 0.6) is 5.75 Å². The highest BCUT2D eigenvalue weighted by atomic mass is 32.2. The molecule has 39 heavy (non-hydrogen) atoms. The van der Waals surface area contributed by atoms with Crippen molar-refractivity contribution in [2.75, 3.05) is 13.2 Å². The molecule has 5 rings (SSSR count). The van der Waals surface area contributed by atoms with Crippen molar-refractivity contribution in [3.63, 3.8) is 0 Å². The van der Waals surface area contributed by atoms with E-state index in [2.05, 4.69) is 0 Å². The number of fused-ring (bicyclic) bond motifs is 1. The van der Waals surface area contributed by atoms with Crippen molar-refractivity contribution in [2.24, 2.45) is 4.99 Å². The monoisotopic (exact) mass is 536 g/mol. The van der Waals surface area contributed by atoms with E-state index in [0.717, 1.165) is 21.9 Å². The SMILES string of the molecule is CCOC(=O)c1cccc(N=C2SC(=Cc3c(OCc4ccccc4)ccc4ccccc34)C(=O)N2CC)c1. The molecular weight excluding hydrogens is 508 g/mol. The summed E-state index contributed by atoms with van der Waals surface area (Å²) in [5.41, 5.74) is 2.91. The number of rotatable bonds is 8. The van der Waals surface area contributed by atoms with Crippen molar-refractivity contribution in [2.45, 2.75) is 20.5 Å². The third kappa shape index (κ3) is 5.89. The number of hydrogen-bond acceptors (Lipinski definition) is 6. The van der Waals surface area contributed by atoms with Crippen molar-refractivity contribution < 1.29 is 19.1 Å². The van der Waals surface area contributed by atoms with Crippen LogP contribution in [-0.2, 0) is 16.1 Å². The molecule has 1 aliphatic heterocycles. The Balaban J connectivity index is 1.50. The Morgan fingerprint density at radius 1 is 0.949 bits per heavy atom. The van der Waals surface area contributed by atoms with Crippen LogP contribution >= 0.6 is 11.8 Å². The number of amidine groups is 1. The van der Waals surface area contributed by atoms with Crippen molar-refractivity contribution in [1.82, 2.24) is 4.90 Å². The zero-order chi connectivity index (χ0) is 27.2. The van der Waals surface area contributed by atoms with Gasteiger partial charge in [-0.05, 0) is 72.3 Å². The molecule has 1 saturated heterocycles. The minimum atomic E-state index is -0.401. The molecule has 0 bridgehead atoms. The lowest BCUT2D eigenvalue weighted by molar-refractivity contribution is -0.122. The summed E-state index contributed by atoms with van der Waals surface area (Å²) in [6, 6.07) is 29.0. The van der Waals surface area contributed by atoms with Crippen molar-refractivity contribution >= 4 is 51.3 Å². The van der Waals surface area contributed by atoms with E-state index in [4.69, 9.17) is 14.5 Å². The molecule has 0 saturated carbocycles. The van der Waals surface area contributed by atoms with Gasteiger partial charge in [-0.15, -0.1) is 0 Å². The van der Waals surface area contributed by atoms with Gasteiger partial charge in [0.1, 0.15) is 12.4 Å². The van der Waals surface area contributed by atoms with Gasteiger partial charge < -0.3 is 9.47 Å². The summed E-state index contributed by atoms with van der Waals surface area (Å²) < 4.78 is 11.4. The van der Waals surface area contributed by atoms with Crippen LogP contribution in [-0.4, -0.2) is 35.1 Å². The lowest BCUT2D eigenvalue weighted by Crippen LogP contribution is -2.28. The lowest BCUT2D eigenvalue weighted by atomic mass is 10.0. The van der Waals surface area contributed by atoms with E-state index < -0.39 is 5.97 Å². The number of carbonyl (C=O) groups excluding carboxylic acids is 2. The maximum Gasteiger partial charge on any atom is 0.338 e. The third-order valence-corrected chi connectivity index (χ3v) is 7.24. The summed E-state index contributed by atoms with van der Waals surface area (Å²) in [7, 11) is 0. The van der Waals surface area contributed by atoms with Crippen LogP contribution in [0.15, 0.2) is 101 Å².